The highest BCUT2D eigenvalue weighted by atomic mass is 79.9. The minimum Gasteiger partial charge on any atom is -0.392 e. The number of rotatable bonds is 3. The number of nitriles is 1. The van der Waals surface area contributed by atoms with Crippen LogP contribution < -0.4 is 0 Å². The zero-order valence-electron chi connectivity index (χ0n) is 7.54. The van der Waals surface area contributed by atoms with Gasteiger partial charge in [-0.15, -0.1) is 0 Å². The van der Waals surface area contributed by atoms with E-state index in [2.05, 4.69) is 20.9 Å². The van der Waals surface area contributed by atoms with Crippen LogP contribution in [0.3, 0.4) is 0 Å². The molecule has 0 aliphatic heterocycles. The molecule has 0 amide bonds. The van der Waals surface area contributed by atoms with Crippen LogP contribution in [-0.4, -0.2) is 10.1 Å². The van der Waals surface area contributed by atoms with Crippen LogP contribution in [0.25, 0.3) is 0 Å². The van der Waals surface area contributed by atoms with Gasteiger partial charge in [-0.3, -0.25) is 0 Å². The molecule has 0 aromatic carbocycles. The molecule has 1 aromatic heterocycles. The predicted octanol–water partition coefficient (Wildman–Crippen LogP) is 2.28. The van der Waals surface area contributed by atoms with Crippen molar-refractivity contribution in [3.05, 3.63) is 28.6 Å². The molecule has 0 bridgehead atoms. The van der Waals surface area contributed by atoms with E-state index in [4.69, 9.17) is 10.4 Å². The first-order valence-corrected chi connectivity index (χ1v) is 5.14. The lowest BCUT2D eigenvalue weighted by molar-refractivity contribution is 0.146. The van der Waals surface area contributed by atoms with Crippen molar-refractivity contribution in [1.82, 2.24) is 4.98 Å². The lowest BCUT2D eigenvalue weighted by Gasteiger charge is -2.09. The third kappa shape index (κ3) is 2.49. The average molecular weight is 277 g/mol. The Balaban J connectivity index is 3.41. The van der Waals surface area contributed by atoms with E-state index < -0.39 is 13.0 Å². The summed E-state index contributed by atoms with van der Waals surface area (Å²) in [6, 6.07) is 2.88. The number of hydrogen-bond donors (Lipinski definition) is 1. The number of hydrogen-bond acceptors (Lipinski definition) is 3. The molecule has 0 spiro atoms. The summed E-state index contributed by atoms with van der Waals surface area (Å²) in [7, 11) is 0. The molecule has 0 aliphatic rings. The zero-order chi connectivity index (χ0) is 11.4. The summed E-state index contributed by atoms with van der Waals surface area (Å²) < 4.78 is 25.2. The fourth-order valence-corrected chi connectivity index (χ4v) is 1.46. The topological polar surface area (TPSA) is 56.9 Å². The van der Waals surface area contributed by atoms with Gasteiger partial charge in [0.15, 0.2) is 0 Å². The Morgan fingerprint density at radius 2 is 2.27 bits per heavy atom. The molecule has 0 saturated carbocycles. The van der Waals surface area contributed by atoms with Gasteiger partial charge < -0.3 is 5.11 Å². The molecule has 0 saturated heterocycles. The van der Waals surface area contributed by atoms with Gasteiger partial charge in [0.25, 0.3) is 6.43 Å². The van der Waals surface area contributed by atoms with Gasteiger partial charge in [-0.2, -0.15) is 5.26 Å². The smallest absolute Gasteiger partial charge is 0.264 e. The molecule has 0 fully saturated rings. The summed E-state index contributed by atoms with van der Waals surface area (Å²) in [5.41, 5.74) is -0.237. The Kier molecular flexibility index (Phi) is 4.12. The van der Waals surface area contributed by atoms with Gasteiger partial charge in [0, 0.05) is 16.5 Å². The number of halogens is 3. The SMILES string of the molecule is N#Cc1nc(CBr)cc(C(F)F)c1CO. The zero-order valence-corrected chi connectivity index (χ0v) is 9.13. The maximum Gasteiger partial charge on any atom is 0.264 e. The van der Waals surface area contributed by atoms with Crippen LogP contribution in [0.2, 0.25) is 0 Å². The lowest BCUT2D eigenvalue weighted by Crippen LogP contribution is -2.04. The van der Waals surface area contributed by atoms with Crippen molar-refractivity contribution < 1.29 is 13.9 Å². The van der Waals surface area contributed by atoms with Crippen molar-refractivity contribution in [1.29, 1.82) is 5.26 Å². The molecule has 1 aromatic rings. The highest BCUT2D eigenvalue weighted by molar-refractivity contribution is 9.08. The Morgan fingerprint density at radius 1 is 1.60 bits per heavy atom. The molecule has 0 atom stereocenters. The van der Waals surface area contributed by atoms with E-state index in [1.165, 1.54) is 6.07 Å². The molecule has 0 radical (unpaired) electrons. The molecule has 0 unspecified atom stereocenters. The highest BCUT2D eigenvalue weighted by Crippen LogP contribution is 2.26. The summed E-state index contributed by atoms with van der Waals surface area (Å²) in [6.45, 7) is -0.613. The molecule has 15 heavy (non-hydrogen) atoms. The van der Waals surface area contributed by atoms with Crippen molar-refractivity contribution in [2.75, 3.05) is 0 Å². The molecule has 6 heteroatoms. The summed E-state index contributed by atoms with van der Waals surface area (Å²) in [5, 5.41) is 17.9. The monoisotopic (exact) mass is 276 g/mol. The minimum atomic E-state index is -2.72. The van der Waals surface area contributed by atoms with Crippen molar-refractivity contribution >= 4 is 15.9 Å². The van der Waals surface area contributed by atoms with E-state index in [1.807, 2.05) is 0 Å². The Bertz CT molecular complexity index is 404. The van der Waals surface area contributed by atoms with E-state index >= 15 is 0 Å². The standard InChI is InChI=1S/C9H7BrF2N2O/c10-2-5-1-6(9(11)12)7(4-15)8(3-13)14-5/h1,9,15H,2,4H2. The summed E-state index contributed by atoms with van der Waals surface area (Å²) in [4.78, 5) is 3.82. The summed E-state index contributed by atoms with van der Waals surface area (Å²) >= 11 is 3.07. The number of pyridine rings is 1. The maximum atomic E-state index is 12.6. The van der Waals surface area contributed by atoms with Crippen molar-refractivity contribution in [2.45, 2.75) is 18.4 Å². The van der Waals surface area contributed by atoms with E-state index in [0.717, 1.165) is 0 Å². The third-order valence-corrected chi connectivity index (χ3v) is 2.42. The Morgan fingerprint density at radius 3 is 2.67 bits per heavy atom. The largest absolute Gasteiger partial charge is 0.392 e. The molecule has 1 rings (SSSR count). The highest BCUT2D eigenvalue weighted by Gasteiger charge is 2.18. The Hall–Kier alpha value is -1.06. The minimum absolute atomic E-state index is 0.0998. The maximum absolute atomic E-state index is 12.6. The van der Waals surface area contributed by atoms with E-state index in [9.17, 15) is 8.78 Å². The van der Waals surface area contributed by atoms with Gasteiger partial charge in [0.1, 0.15) is 11.8 Å². The first-order valence-electron chi connectivity index (χ1n) is 4.01. The second-order valence-corrected chi connectivity index (χ2v) is 3.29. The van der Waals surface area contributed by atoms with Crippen LogP contribution in [0, 0.1) is 11.3 Å². The van der Waals surface area contributed by atoms with Gasteiger partial charge in [-0.1, -0.05) is 15.9 Å². The van der Waals surface area contributed by atoms with E-state index in [-0.39, 0.29) is 22.2 Å². The van der Waals surface area contributed by atoms with Crippen LogP contribution in [0.5, 0.6) is 0 Å². The molecule has 80 valence electrons. The molecular weight excluding hydrogens is 270 g/mol. The first-order chi connectivity index (χ1) is 7.13. The molecule has 3 nitrogen and oxygen atoms in total. The summed E-state index contributed by atoms with van der Waals surface area (Å²) in [5.74, 6) is 0. The van der Waals surface area contributed by atoms with Crippen LogP contribution in [-0.2, 0) is 11.9 Å². The molecule has 1 heterocycles. The van der Waals surface area contributed by atoms with Crippen LogP contribution in [0.15, 0.2) is 6.07 Å². The average Bonchev–Trinajstić information content (AvgIpc) is 2.26. The second-order valence-electron chi connectivity index (χ2n) is 2.73. The van der Waals surface area contributed by atoms with E-state index in [1.54, 1.807) is 6.07 Å². The second kappa shape index (κ2) is 5.14. The van der Waals surface area contributed by atoms with Crippen molar-refractivity contribution in [3.63, 3.8) is 0 Å². The molecule has 0 aliphatic carbocycles. The van der Waals surface area contributed by atoms with Gasteiger partial charge in [-0.25, -0.2) is 13.8 Å². The number of aliphatic hydroxyl groups excluding tert-OH is 1. The van der Waals surface area contributed by atoms with Gasteiger partial charge in [-0.05, 0) is 6.07 Å². The van der Waals surface area contributed by atoms with Crippen LogP contribution in [0.4, 0.5) is 8.78 Å². The number of aromatic nitrogens is 1. The van der Waals surface area contributed by atoms with Gasteiger partial charge in [0.2, 0.25) is 0 Å². The molecular formula is C9H7BrF2N2O. The Labute approximate surface area is 93.5 Å². The fraction of sp³-hybridized carbons (Fsp3) is 0.333. The third-order valence-electron chi connectivity index (χ3n) is 1.85. The number of nitrogens with zero attached hydrogens (tertiary/aromatic N) is 2. The van der Waals surface area contributed by atoms with Crippen LogP contribution in [0.1, 0.15) is 28.9 Å². The number of aliphatic hydroxyl groups is 1. The lowest BCUT2D eigenvalue weighted by atomic mass is 10.1. The normalized spacial score (nSPS) is 10.4. The van der Waals surface area contributed by atoms with Gasteiger partial charge in [0.05, 0.1) is 12.3 Å². The quantitative estimate of drug-likeness (QED) is 0.862. The van der Waals surface area contributed by atoms with Crippen molar-refractivity contribution in [3.8, 4) is 6.07 Å². The van der Waals surface area contributed by atoms with Gasteiger partial charge >= 0.3 is 0 Å². The van der Waals surface area contributed by atoms with E-state index in [0.29, 0.717) is 5.69 Å². The van der Waals surface area contributed by atoms with Crippen LogP contribution >= 0.6 is 15.9 Å². The van der Waals surface area contributed by atoms with Crippen molar-refractivity contribution in [2.24, 2.45) is 0 Å². The first kappa shape index (κ1) is 12.0. The molecule has 1 N–H and O–H groups in total. The predicted molar refractivity (Wildman–Crippen MR) is 52.5 cm³/mol. The summed E-state index contributed by atoms with van der Waals surface area (Å²) in [6.07, 6.45) is -2.72. The number of alkyl halides is 3. The fourth-order valence-electron chi connectivity index (χ4n) is 1.17.